The van der Waals surface area contributed by atoms with E-state index in [0.29, 0.717) is 12.5 Å². The molecule has 2 rings (SSSR count). The number of alkyl halides is 1. The molecule has 2 nitrogen and oxygen atoms in total. The molecule has 0 aromatic heterocycles. The molecule has 1 heterocycles. The lowest BCUT2D eigenvalue weighted by molar-refractivity contribution is 0.106. The fourth-order valence-electron chi connectivity index (χ4n) is 1.14. The third kappa shape index (κ3) is 1.34. The van der Waals surface area contributed by atoms with E-state index in [1.807, 2.05) is 24.3 Å². The molecule has 0 amide bonds. The predicted molar refractivity (Wildman–Crippen MR) is 47.1 cm³/mol. The molecule has 0 bridgehead atoms. The Morgan fingerprint density at radius 1 is 1.33 bits per heavy atom. The summed E-state index contributed by atoms with van der Waals surface area (Å²) in [5.74, 6) is 2.06. The Balaban J connectivity index is 2.23. The molecule has 1 aliphatic heterocycles. The van der Waals surface area contributed by atoms with Gasteiger partial charge in [-0.2, -0.15) is 0 Å². The first-order valence-corrected chi connectivity index (χ1v) is 4.38. The summed E-state index contributed by atoms with van der Waals surface area (Å²) in [5.41, 5.74) is 0. The molecule has 64 valence electrons. The summed E-state index contributed by atoms with van der Waals surface area (Å²) >= 11 is 5.64. The molecule has 0 saturated heterocycles. The molecule has 0 fully saturated rings. The molecular formula is C9H9ClO2. The van der Waals surface area contributed by atoms with Gasteiger partial charge in [0.15, 0.2) is 11.5 Å². The lowest BCUT2D eigenvalue weighted by Crippen LogP contribution is -2.30. The highest BCUT2D eigenvalue weighted by atomic mass is 35.5. The second-order valence-corrected chi connectivity index (χ2v) is 2.96. The minimum atomic E-state index is -0.0124. The summed E-state index contributed by atoms with van der Waals surface area (Å²) in [6.45, 7) is 0.542. The zero-order valence-corrected chi connectivity index (χ0v) is 7.25. The zero-order chi connectivity index (χ0) is 8.39. The fraction of sp³-hybridized carbons (Fsp3) is 0.333. The molecule has 12 heavy (non-hydrogen) atoms. The topological polar surface area (TPSA) is 18.5 Å². The quantitative estimate of drug-likeness (QED) is 0.622. The van der Waals surface area contributed by atoms with E-state index >= 15 is 0 Å². The maximum Gasteiger partial charge on any atom is 0.161 e. The van der Waals surface area contributed by atoms with Gasteiger partial charge in [-0.05, 0) is 12.1 Å². The Labute approximate surface area is 76.1 Å². The molecule has 1 aromatic carbocycles. The molecule has 1 atom stereocenters. The van der Waals surface area contributed by atoms with Gasteiger partial charge in [0.1, 0.15) is 12.7 Å². The van der Waals surface area contributed by atoms with Crippen molar-refractivity contribution in [2.75, 3.05) is 12.5 Å². The van der Waals surface area contributed by atoms with Crippen LogP contribution in [0.2, 0.25) is 0 Å². The Morgan fingerprint density at radius 2 is 2.08 bits per heavy atom. The number of rotatable bonds is 1. The van der Waals surface area contributed by atoms with E-state index in [2.05, 4.69) is 0 Å². The number of hydrogen-bond acceptors (Lipinski definition) is 2. The van der Waals surface area contributed by atoms with Crippen molar-refractivity contribution < 1.29 is 9.47 Å². The van der Waals surface area contributed by atoms with Gasteiger partial charge >= 0.3 is 0 Å². The summed E-state index contributed by atoms with van der Waals surface area (Å²) in [5, 5.41) is 0. The highest BCUT2D eigenvalue weighted by molar-refractivity contribution is 6.18. The SMILES string of the molecule is ClC[C@H]1COc2ccccc2O1. The predicted octanol–water partition coefficient (Wildman–Crippen LogP) is 2.07. The summed E-state index contributed by atoms with van der Waals surface area (Å²) < 4.78 is 10.9. The lowest BCUT2D eigenvalue weighted by atomic mass is 10.3. The number of para-hydroxylation sites is 2. The smallest absolute Gasteiger partial charge is 0.161 e. The van der Waals surface area contributed by atoms with E-state index in [-0.39, 0.29) is 6.10 Å². The van der Waals surface area contributed by atoms with E-state index in [1.165, 1.54) is 0 Å². The largest absolute Gasteiger partial charge is 0.486 e. The van der Waals surface area contributed by atoms with Gasteiger partial charge in [-0.15, -0.1) is 11.6 Å². The Hall–Kier alpha value is -0.890. The van der Waals surface area contributed by atoms with Crippen molar-refractivity contribution in [2.24, 2.45) is 0 Å². The van der Waals surface area contributed by atoms with Crippen LogP contribution in [0, 0.1) is 0 Å². The molecule has 0 saturated carbocycles. The zero-order valence-electron chi connectivity index (χ0n) is 6.50. The van der Waals surface area contributed by atoms with Crippen LogP contribution in [0.5, 0.6) is 11.5 Å². The molecule has 0 aliphatic carbocycles. The summed E-state index contributed by atoms with van der Waals surface area (Å²) in [6.07, 6.45) is -0.0124. The number of fused-ring (bicyclic) bond motifs is 1. The molecule has 3 heteroatoms. The average Bonchev–Trinajstić information content (AvgIpc) is 2.17. The van der Waals surface area contributed by atoms with Gasteiger partial charge in [-0.25, -0.2) is 0 Å². The van der Waals surface area contributed by atoms with Crippen molar-refractivity contribution in [3.8, 4) is 11.5 Å². The molecule has 1 aliphatic rings. The number of benzene rings is 1. The molecular weight excluding hydrogens is 176 g/mol. The van der Waals surface area contributed by atoms with Gasteiger partial charge < -0.3 is 9.47 Å². The minimum Gasteiger partial charge on any atom is -0.486 e. The first kappa shape index (κ1) is 7.74. The van der Waals surface area contributed by atoms with Crippen molar-refractivity contribution >= 4 is 11.6 Å². The minimum absolute atomic E-state index is 0.0124. The van der Waals surface area contributed by atoms with Gasteiger partial charge in [0.05, 0.1) is 5.88 Å². The van der Waals surface area contributed by atoms with Crippen LogP contribution in [0.4, 0.5) is 0 Å². The first-order chi connectivity index (χ1) is 5.90. The normalized spacial score (nSPS) is 20.6. The molecule has 0 radical (unpaired) electrons. The van der Waals surface area contributed by atoms with Crippen LogP contribution in [-0.4, -0.2) is 18.6 Å². The summed E-state index contributed by atoms with van der Waals surface area (Å²) in [4.78, 5) is 0. The van der Waals surface area contributed by atoms with Gasteiger partial charge in [-0.3, -0.25) is 0 Å². The molecule has 0 unspecified atom stereocenters. The fourth-order valence-corrected chi connectivity index (χ4v) is 1.29. The Morgan fingerprint density at radius 3 is 2.83 bits per heavy atom. The maximum atomic E-state index is 5.64. The van der Waals surface area contributed by atoms with Crippen LogP contribution in [0.3, 0.4) is 0 Å². The maximum absolute atomic E-state index is 5.64. The van der Waals surface area contributed by atoms with E-state index in [1.54, 1.807) is 0 Å². The Kier molecular flexibility index (Phi) is 2.09. The molecule has 1 aromatic rings. The van der Waals surface area contributed by atoms with Crippen molar-refractivity contribution in [3.05, 3.63) is 24.3 Å². The highest BCUT2D eigenvalue weighted by Crippen LogP contribution is 2.30. The number of hydrogen-bond donors (Lipinski definition) is 0. The van der Waals surface area contributed by atoms with Crippen LogP contribution in [0.15, 0.2) is 24.3 Å². The molecule has 0 spiro atoms. The van der Waals surface area contributed by atoms with E-state index < -0.39 is 0 Å². The van der Waals surface area contributed by atoms with Crippen LogP contribution in [0.25, 0.3) is 0 Å². The number of halogens is 1. The van der Waals surface area contributed by atoms with Crippen LogP contribution in [-0.2, 0) is 0 Å². The van der Waals surface area contributed by atoms with Crippen molar-refractivity contribution in [3.63, 3.8) is 0 Å². The lowest BCUT2D eigenvalue weighted by Gasteiger charge is -2.24. The second-order valence-electron chi connectivity index (χ2n) is 2.65. The third-order valence-electron chi connectivity index (χ3n) is 1.74. The van der Waals surface area contributed by atoms with Gasteiger partial charge in [-0.1, -0.05) is 12.1 Å². The highest BCUT2D eigenvalue weighted by Gasteiger charge is 2.18. The van der Waals surface area contributed by atoms with Crippen LogP contribution < -0.4 is 9.47 Å². The van der Waals surface area contributed by atoms with E-state index in [4.69, 9.17) is 21.1 Å². The van der Waals surface area contributed by atoms with Gasteiger partial charge in [0.2, 0.25) is 0 Å². The van der Waals surface area contributed by atoms with Gasteiger partial charge in [0.25, 0.3) is 0 Å². The van der Waals surface area contributed by atoms with Crippen LogP contribution >= 0.6 is 11.6 Å². The number of ether oxygens (including phenoxy) is 2. The standard InChI is InChI=1S/C9H9ClO2/c10-5-7-6-11-8-3-1-2-4-9(8)12-7/h1-4,7H,5-6H2/t7-/m0/s1. The van der Waals surface area contributed by atoms with Crippen LogP contribution in [0.1, 0.15) is 0 Å². The van der Waals surface area contributed by atoms with Gasteiger partial charge in [0, 0.05) is 0 Å². The van der Waals surface area contributed by atoms with Crippen molar-refractivity contribution in [1.82, 2.24) is 0 Å². The first-order valence-electron chi connectivity index (χ1n) is 3.84. The third-order valence-corrected chi connectivity index (χ3v) is 2.08. The second kappa shape index (κ2) is 3.23. The summed E-state index contributed by atoms with van der Waals surface area (Å²) in [6, 6.07) is 7.61. The monoisotopic (exact) mass is 184 g/mol. The molecule has 0 N–H and O–H groups in total. The van der Waals surface area contributed by atoms with E-state index in [0.717, 1.165) is 11.5 Å². The Bertz CT molecular complexity index is 275. The van der Waals surface area contributed by atoms with Crippen molar-refractivity contribution in [2.45, 2.75) is 6.10 Å². The van der Waals surface area contributed by atoms with E-state index in [9.17, 15) is 0 Å². The summed E-state index contributed by atoms with van der Waals surface area (Å²) in [7, 11) is 0. The average molecular weight is 185 g/mol. The van der Waals surface area contributed by atoms with Crippen molar-refractivity contribution in [1.29, 1.82) is 0 Å².